The fraction of sp³-hybridized carbons (Fsp3) is 0.133. The maximum absolute atomic E-state index is 11.8. The highest BCUT2D eigenvalue weighted by atomic mass is 35.5. The summed E-state index contributed by atoms with van der Waals surface area (Å²) in [7, 11) is -3.93. The van der Waals surface area contributed by atoms with Gasteiger partial charge in [-0.3, -0.25) is 4.79 Å². The highest BCUT2D eigenvalue weighted by Gasteiger charge is 2.35. The molecule has 1 aliphatic heterocycles. The van der Waals surface area contributed by atoms with Gasteiger partial charge in [0, 0.05) is 5.02 Å². The first-order valence-corrected chi connectivity index (χ1v) is 8.56. The van der Waals surface area contributed by atoms with Crippen LogP contribution in [0.5, 0.6) is 5.75 Å². The SMILES string of the molecule is O=C1CN(c2ccc(Cc3cccc(Cl)c3)cc2O)S(=O)(=O)N1. The first kappa shape index (κ1) is 15.6. The second-order valence-electron chi connectivity index (χ2n) is 5.17. The van der Waals surface area contributed by atoms with Crippen LogP contribution in [0.2, 0.25) is 5.02 Å². The number of hydrogen-bond acceptors (Lipinski definition) is 4. The molecule has 120 valence electrons. The smallest absolute Gasteiger partial charge is 0.326 e. The monoisotopic (exact) mass is 352 g/mol. The Kier molecular flexibility index (Phi) is 3.91. The Morgan fingerprint density at radius 1 is 1.17 bits per heavy atom. The Balaban J connectivity index is 1.88. The number of aromatic hydroxyl groups is 1. The minimum absolute atomic E-state index is 0.0678. The number of carbonyl (C=O) groups is 1. The molecule has 1 aliphatic rings. The van der Waals surface area contributed by atoms with Gasteiger partial charge in [-0.1, -0.05) is 29.8 Å². The van der Waals surface area contributed by atoms with Crippen LogP contribution in [-0.2, 0) is 21.4 Å². The molecular weight excluding hydrogens is 340 g/mol. The summed E-state index contributed by atoms with van der Waals surface area (Å²) in [5.74, 6) is -0.836. The van der Waals surface area contributed by atoms with Gasteiger partial charge in [0.25, 0.3) is 5.91 Å². The lowest BCUT2D eigenvalue weighted by Gasteiger charge is -2.16. The van der Waals surface area contributed by atoms with Crippen molar-refractivity contribution in [1.82, 2.24) is 4.72 Å². The lowest BCUT2D eigenvalue weighted by atomic mass is 10.0. The molecule has 1 fully saturated rings. The lowest BCUT2D eigenvalue weighted by Crippen LogP contribution is -2.29. The van der Waals surface area contributed by atoms with Crippen LogP contribution in [-0.4, -0.2) is 26.0 Å². The Hall–Kier alpha value is -2.25. The molecule has 0 unspecified atom stereocenters. The van der Waals surface area contributed by atoms with Crippen LogP contribution in [0.15, 0.2) is 42.5 Å². The minimum Gasteiger partial charge on any atom is -0.506 e. The third-order valence-electron chi connectivity index (χ3n) is 3.43. The molecule has 1 saturated heterocycles. The van der Waals surface area contributed by atoms with E-state index in [0.29, 0.717) is 11.4 Å². The van der Waals surface area contributed by atoms with E-state index >= 15 is 0 Å². The van der Waals surface area contributed by atoms with Crippen molar-refractivity contribution in [1.29, 1.82) is 0 Å². The zero-order valence-corrected chi connectivity index (χ0v) is 13.4. The van der Waals surface area contributed by atoms with Gasteiger partial charge in [-0.15, -0.1) is 0 Å². The first-order chi connectivity index (χ1) is 10.8. The quantitative estimate of drug-likeness (QED) is 0.882. The van der Waals surface area contributed by atoms with Gasteiger partial charge in [0.05, 0.1) is 5.69 Å². The van der Waals surface area contributed by atoms with Gasteiger partial charge in [-0.05, 0) is 41.8 Å². The van der Waals surface area contributed by atoms with Crippen molar-refractivity contribution in [2.45, 2.75) is 6.42 Å². The van der Waals surface area contributed by atoms with Crippen molar-refractivity contribution in [2.24, 2.45) is 0 Å². The van der Waals surface area contributed by atoms with E-state index in [1.807, 2.05) is 22.9 Å². The summed E-state index contributed by atoms with van der Waals surface area (Å²) in [6, 6.07) is 12.0. The van der Waals surface area contributed by atoms with E-state index in [4.69, 9.17) is 11.6 Å². The van der Waals surface area contributed by atoms with Crippen LogP contribution in [0.3, 0.4) is 0 Å². The summed E-state index contributed by atoms with van der Waals surface area (Å²) in [6.07, 6.45) is 0.540. The number of phenols is 1. The molecular formula is C15H13ClN2O4S. The summed E-state index contributed by atoms with van der Waals surface area (Å²) >= 11 is 5.94. The first-order valence-electron chi connectivity index (χ1n) is 6.75. The molecule has 2 aromatic carbocycles. The zero-order valence-electron chi connectivity index (χ0n) is 11.9. The molecule has 3 rings (SSSR count). The summed E-state index contributed by atoms with van der Waals surface area (Å²) in [4.78, 5) is 11.3. The predicted molar refractivity (Wildman–Crippen MR) is 86.8 cm³/mol. The fourth-order valence-electron chi connectivity index (χ4n) is 2.43. The van der Waals surface area contributed by atoms with Gasteiger partial charge in [0.1, 0.15) is 12.3 Å². The maximum Gasteiger partial charge on any atom is 0.326 e. The van der Waals surface area contributed by atoms with Crippen molar-refractivity contribution >= 4 is 33.4 Å². The van der Waals surface area contributed by atoms with E-state index in [-0.39, 0.29) is 18.0 Å². The second-order valence-corrected chi connectivity index (χ2v) is 7.20. The number of anilines is 1. The van der Waals surface area contributed by atoms with Gasteiger partial charge in [0.15, 0.2) is 0 Å². The summed E-state index contributed by atoms with van der Waals surface area (Å²) in [5, 5.41) is 10.8. The van der Waals surface area contributed by atoms with Crippen LogP contribution in [0.1, 0.15) is 11.1 Å². The molecule has 0 radical (unpaired) electrons. The molecule has 2 N–H and O–H groups in total. The van der Waals surface area contributed by atoms with Gasteiger partial charge in [0.2, 0.25) is 0 Å². The van der Waals surface area contributed by atoms with Gasteiger partial charge in [-0.2, -0.15) is 8.42 Å². The van der Waals surface area contributed by atoms with Crippen molar-refractivity contribution in [3.63, 3.8) is 0 Å². The van der Waals surface area contributed by atoms with Crippen LogP contribution in [0.4, 0.5) is 5.69 Å². The number of phenolic OH excluding ortho intramolecular Hbond substituents is 1. The second kappa shape index (κ2) is 5.75. The molecule has 0 aromatic heterocycles. The molecule has 6 nitrogen and oxygen atoms in total. The molecule has 0 saturated carbocycles. The third-order valence-corrected chi connectivity index (χ3v) is 5.05. The maximum atomic E-state index is 11.8. The molecule has 0 bridgehead atoms. The summed E-state index contributed by atoms with van der Waals surface area (Å²) in [5.41, 5.74) is 1.83. The van der Waals surface area contributed by atoms with E-state index in [1.165, 1.54) is 12.1 Å². The van der Waals surface area contributed by atoms with Gasteiger partial charge in [-0.25, -0.2) is 9.03 Å². The third kappa shape index (κ3) is 3.25. The molecule has 0 spiro atoms. The Morgan fingerprint density at radius 3 is 2.52 bits per heavy atom. The molecule has 1 heterocycles. The van der Waals surface area contributed by atoms with E-state index in [2.05, 4.69) is 0 Å². The van der Waals surface area contributed by atoms with Gasteiger partial charge >= 0.3 is 10.2 Å². The Bertz CT molecular complexity index is 883. The molecule has 2 aromatic rings. The van der Waals surface area contributed by atoms with Crippen LogP contribution >= 0.6 is 11.6 Å². The van der Waals surface area contributed by atoms with E-state index in [1.54, 1.807) is 12.1 Å². The molecule has 0 atom stereocenters. The summed E-state index contributed by atoms with van der Waals surface area (Å²) < 4.78 is 26.3. The average Bonchev–Trinajstić information content (AvgIpc) is 2.72. The molecule has 0 aliphatic carbocycles. The van der Waals surface area contributed by atoms with Gasteiger partial charge < -0.3 is 5.11 Å². The van der Waals surface area contributed by atoms with Crippen LogP contribution in [0.25, 0.3) is 0 Å². The van der Waals surface area contributed by atoms with Crippen molar-refractivity contribution in [2.75, 3.05) is 10.8 Å². The molecule has 23 heavy (non-hydrogen) atoms. The normalized spacial score (nSPS) is 16.4. The van der Waals surface area contributed by atoms with Crippen molar-refractivity contribution in [3.8, 4) is 5.75 Å². The van der Waals surface area contributed by atoms with E-state index in [0.717, 1.165) is 15.4 Å². The Labute approximate surface area is 138 Å². The zero-order chi connectivity index (χ0) is 16.6. The Morgan fingerprint density at radius 2 is 1.91 bits per heavy atom. The number of hydrogen-bond donors (Lipinski definition) is 2. The molecule has 8 heteroatoms. The largest absolute Gasteiger partial charge is 0.506 e. The number of benzene rings is 2. The predicted octanol–water partition coefficient (Wildman–Crippen LogP) is 1.82. The van der Waals surface area contributed by atoms with Crippen LogP contribution in [0, 0.1) is 0 Å². The molecule has 1 amide bonds. The number of carbonyl (C=O) groups excluding carboxylic acids is 1. The van der Waals surface area contributed by atoms with E-state index < -0.39 is 16.1 Å². The minimum atomic E-state index is -3.93. The van der Waals surface area contributed by atoms with Crippen molar-refractivity contribution in [3.05, 3.63) is 58.6 Å². The van der Waals surface area contributed by atoms with E-state index in [9.17, 15) is 18.3 Å². The highest BCUT2D eigenvalue weighted by molar-refractivity contribution is 7.92. The van der Waals surface area contributed by atoms with Crippen molar-refractivity contribution < 1.29 is 18.3 Å². The number of nitrogens with one attached hydrogen (secondary N) is 1. The summed E-state index contributed by atoms with van der Waals surface area (Å²) in [6.45, 7) is -0.344. The topological polar surface area (TPSA) is 86.7 Å². The number of halogens is 1. The lowest BCUT2D eigenvalue weighted by molar-refractivity contribution is -0.117. The van der Waals surface area contributed by atoms with Crippen LogP contribution < -0.4 is 9.03 Å². The number of rotatable bonds is 3. The number of nitrogens with zero attached hydrogens (tertiary/aromatic N) is 1. The standard InChI is InChI=1S/C15H13ClN2O4S/c16-12-3-1-2-10(7-12)6-11-4-5-13(14(19)8-11)18-9-15(20)17-23(18,21)22/h1-5,7-8,19H,6,9H2,(H,17,20). The number of amides is 1. The highest BCUT2D eigenvalue weighted by Crippen LogP contribution is 2.32. The fourth-order valence-corrected chi connectivity index (χ4v) is 3.81. The average molecular weight is 353 g/mol.